The highest BCUT2D eigenvalue weighted by molar-refractivity contribution is 7.90. The van der Waals surface area contributed by atoms with Crippen LogP contribution in [-0.4, -0.2) is 49.1 Å². The normalized spacial score (nSPS) is 16.3. The number of carbonyl (C=O) groups excluding carboxylic acids is 1. The third-order valence-corrected chi connectivity index (χ3v) is 5.65. The number of carboxylic acids is 1. The summed E-state index contributed by atoms with van der Waals surface area (Å²) in [6.07, 6.45) is 0.808. The number of carbonyl (C=O) groups is 2. The minimum absolute atomic E-state index is 0.0487. The van der Waals surface area contributed by atoms with Crippen LogP contribution >= 0.6 is 0 Å². The van der Waals surface area contributed by atoms with Crippen LogP contribution in [0, 0.1) is 5.92 Å². The molecule has 7 heteroatoms. The lowest BCUT2D eigenvalue weighted by atomic mass is 9.97. The number of rotatable bonds is 6. The van der Waals surface area contributed by atoms with E-state index in [1.165, 1.54) is 0 Å². The zero-order valence-electron chi connectivity index (χ0n) is 12.8. The molecule has 0 radical (unpaired) electrons. The number of hydrogen-bond donors (Lipinski definition) is 1. The van der Waals surface area contributed by atoms with Crippen molar-refractivity contribution in [3.63, 3.8) is 0 Å². The Morgan fingerprint density at radius 1 is 1.13 bits per heavy atom. The summed E-state index contributed by atoms with van der Waals surface area (Å²) in [5.41, 5.74) is 0.710. The number of carboxylic acid groups (broad SMARTS) is 1. The highest BCUT2D eigenvalue weighted by atomic mass is 32.2. The van der Waals surface area contributed by atoms with E-state index in [2.05, 4.69) is 0 Å². The Hall–Kier alpha value is -1.89. The van der Waals surface area contributed by atoms with Gasteiger partial charge < -0.3 is 10.0 Å². The highest BCUT2D eigenvalue weighted by Gasteiger charge is 2.27. The lowest BCUT2D eigenvalue weighted by molar-refractivity contribution is -0.145. The standard InChI is InChI=1S/C16H21NO5S/c18-15(17-9-6-14(7-10-17)16(19)20)8-11-23(21,22)12-13-4-2-1-3-5-13/h1-5,14H,6-12H2,(H,19,20). The summed E-state index contributed by atoms with van der Waals surface area (Å²) < 4.78 is 24.2. The first-order valence-electron chi connectivity index (χ1n) is 7.62. The predicted molar refractivity (Wildman–Crippen MR) is 85.5 cm³/mol. The molecule has 2 rings (SSSR count). The molecule has 0 saturated carbocycles. The van der Waals surface area contributed by atoms with E-state index in [-0.39, 0.29) is 23.8 Å². The summed E-state index contributed by atoms with van der Waals surface area (Å²) in [5.74, 6) is -1.70. The first-order valence-corrected chi connectivity index (χ1v) is 9.44. The van der Waals surface area contributed by atoms with Gasteiger partial charge in [0.1, 0.15) is 0 Å². The van der Waals surface area contributed by atoms with E-state index >= 15 is 0 Å². The van der Waals surface area contributed by atoms with E-state index in [1.807, 2.05) is 6.07 Å². The first-order chi connectivity index (χ1) is 10.9. The van der Waals surface area contributed by atoms with Gasteiger partial charge in [-0.3, -0.25) is 9.59 Å². The Morgan fingerprint density at radius 2 is 1.74 bits per heavy atom. The van der Waals surface area contributed by atoms with Gasteiger partial charge in [-0.1, -0.05) is 30.3 Å². The lowest BCUT2D eigenvalue weighted by Crippen LogP contribution is -2.40. The number of amides is 1. The molecule has 1 fully saturated rings. The van der Waals surface area contributed by atoms with Gasteiger partial charge in [0.05, 0.1) is 17.4 Å². The zero-order chi connectivity index (χ0) is 16.9. The molecular weight excluding hydrogens is 318 g/mol. The number of nitrogens with zero attached hydrogens (tertiary/aromatic N) is 1. The average molecular weight is 339 g/mol. The Bertz CT molecular complexity index is 648. The molecule has 1 N–H and O–H groups in total. The van der Waals surface area contributed by atoms with Gasteiger partial charge in [-0.2, -0.15) is 0 Å². The van der Waals surface area contributed by atoms with Crippen LogP contribution in [0.3, 0.4) is 0 Å². The molecule has 126 valence electrons. The number of aliphatic carboxylic acids is 1. The lowest BCUT2D eigenvalue weighted by Gasteiger charge is -2.30. The van der Waals surface area contributed by atoms with Crippen molar-refractivity contribution in [3.8, 4) is 0 Å². The molecule has 0 bridgehead atoms. The molecule has 1 amide bonds. The van der Waals surface area contributed by atoms with Crippen LogP contribution in [0.25, 0.3) is 0 Å². The van der Waals surface area contributed by atoms with Gasteiger partial charge >= 0.3 is 5.97 Å². The largest absolute Gasteiger partial charge is 0.481 e. The molecule has 1 aromatic carbocycles. The molecule has 1 heterocycles. The summed E-state index contributed by atoms with van der Waals surface area (Å²) >= 11 is 0. The van der Waals surface area contributed by atoms with Crippen molar-refractivity contribution in [2.24, 2.45) is 5.92 Å². The van der Waals surface area contributed by atoms with Gasteiger partial charge in [0.15, 0.2) is 9.84 Å². The van der Waals surface area contributed by atoms with Gasteiger partial charge in [0.2, 0.25) is 5.91 Å². The van der Waals surface area contributed by atoms with Crippen LogP contribution in [0.5, 0.6) is 0 Å². The summed E-state index contributed by atoms with van der Waals surface area (Å²) in [6.45, 7) is 0.767. The van der Waals surface area contributed by atoms with Gasteiger partial charge in [-0.15, -0.1) is 0 Å². The van der Waals surface area contributed by atoms with E-state index < -0.39 is 21.7 Å². The molecule has 1 saturated heterocycles. The van der Waals surface area contributed by atoms with Gasteiger partial charge in [-0.25, -0.2) is 8.42 Å². The Labute approximate surface area is 136 Å². The monoisotopic (exact) mass is 339 g/mol. The molecular formula is C16H21NO5S. The second kappa shape index (κ2) is 7.59. The maximum Gasteiger partial charge on any atom is 0.306 e. The summed E-state index contributed by atoms with van der Waals surface area (Å²) in [7, 11) is -3.33. The predicted octanol–water partition coefficient (Wildman–Crippen LogP) is 1.31. The van der Waals surface area contributed by atoms with Crippen LogP contribution in [0.1, 0.15) is 24.8 Å². The van der Waals surface area contributed by atoms with Crippen molar-refractivity contribution in [3.05, 3.63) is 35.9 Å². The van der Waals surface area contributed by atoms with Crippen molar-refractivity contribution >= 4 is 21.7 Å². The number of benzene rings is 1. The topological polar surface area (TPSA) is 91.8 Å². The van der Waals surface area contributed by atoms with E-state index in [0.29, 0.717) is 31.5 Å². The fourth-order valence-corrected chi connectivity index (χ4v) is 4.01. The fourth-order valence-electron chi connectivity index (χ4n) is 2.68. The van der Waals surface area contributed by atoms with E-state index in [0.717, 1.165) is 0 Å². The third-order valence-electron chi connectivity index (χ3n) is 4.05. The average Bonchev–Trinajstić information content (AvgIpc) is 2.53. The molecule has 6 nitrogen and oxygen atoms in total. The molecule has 0 atom stereocenters. The van der Waals surface area contributed by atoms with Crippen LogP contribution in [0.15, 0.2) is 30.3 Å². The van der Waals surface area contributed by atoms with E-state index in [1.54, 1.807) is 29.2 Å². The molecule has 0 aliphatic carbocycles. The maximum absolute atomic E-state index is 12.1. The molecule has 0 aromatic heterocycles. The second-order valence-corrected chi connectivity index (χ2v) is 8.00. The molecule has 1 aromatic rings. The maximum atomic E-state index is 12.1. The van der Waals surface area contributed by atoms with Crippen molar-refractivity contribution in [1.82, 2.24) is 4.90 Å². The minimum atomic E-state index is -3.33. The molecule has 0 spiro atoms. The minimum Gasteiger partial charge on any atom is -0.481 e. The number of likely N-dealkylation sites (tertiary alicyclic amines) is 1. The number of hydrogen-bond acceptors (Lipinski definition) is 4. The number of piperidine rings is 1. The molecule has 1 aliphatic heterocycles. The molecule has 1 aliphatic rings. The summed E-state index contributed by atoms with van der Waals surface area (Å²) in [6, 6.07) is 8.87. The van der Waals surface area contributed by atoms with Gasteiger partial charge in [0, 0.05) is 19.5 Å². The van der Waals surface area contributed by atoms with E-state index in [4.69, 9.17) is 5.11 Å². The van der Waals surface area contributed by atoms with Crippen molar-refractivity contribution in [2.45, 2.75) is 25.0 Å². The van der Waals surface area contributed by atoms with Crippen molar-refractivity contribution in [2.75, 3.05) is 18.8 Å². The van der Waals surface area contributed by atoms with E-state index in [9.17, 15) is 18.0 Å². The Kier molecular flexibility index (Phi) is 5.76. The summed E-state index contributed by atoms with van der Waals surface area (Å²) in [5, 5.41) is 8.93. The second-order valence-electron chi connectivity index (χ2n) is 5.82. The van der Waals surface area contributed by atoms with Crippen molar-refractivity contribution in [1.29, 1.82) is 0 Å². The smallest absolute Gasteiger partial charge is 0.306 e. The fraction of sp³-hybridized carbons (Fsp3) is 0.500. The van der Waals surface area contributed by atoms with Crippen LogP contribution < -0.4 is 0 Å². The summed E-state index contributed by atoms with van der Waals surface area (Å²) in [4.78, 5) is 24.5. The van der Waals surface area contributed by atoms with Crippen LogP contribution in [0.2, 0.25) is 0 Å². The third kappa shape index (κ3) is 5.35. The number of sulfone groups is 1. The van der Waals surface area contributed by atoms with Gasteiger partial charge in [-0.05, 0) is 18.4 Å². The highest BCUT2D eigenvalue weighted by Crippen LogP contribution is 2.18. The van der Waals surface area contributed by atoms with Crippen LogP contribution in [-0.2, 0) is 25.2 Å². The Morgan fingerprint density at radius 3 is 2.30 bits per heavy atom. The quantitative estimate of drug-likeness (QED) is 0.844. The first kappa shape index (κ1) is 17.5. The van der Waals surface area contributed by atoms with Gasteiger partial charge in [0.25, 0.3) is 0 Å². The molecule has 0 unspecified atom stereocenters. The van der Waals surface area contributed by atoms with Crippen molar-refractivity contribution < 1.29 is 23.1 Å². The van der Waals surface area contributed by atoms with Crippen LogP contribution in [0.4, 0.5) is 0 Å². The molecule has 23 heavy (non-hydrogen) atoms. The Balaban J connectivity index is 1.81. The zero-order valence-corrected chi connectivity index (χ0v) is 13.7. The SMILES string of the molecule is O=C(O)C1CCN(C(=O)CCS(=O)(=O)Cc2ccccc2)CC1.